The number of rotatable bonds is 8. The summed E-state index contributed by atoms with van der Waals surface area (Å²) in [6.07, 6.45) is 0.652. The molecule has 1 aliphatic rings. The van der Waals surface area contributed by atoms with Crippen molar-refractivity contribution in [2.24, 2.45) is 0 Å². The van der Waals surface area contributed by atoms with E-state index < -0.39 is 33.5 Å². The number of hydrogen-bond donors (Lipinski definition) is 0. The van der Waals surface area contributed by atoms with Gasteiger partial charge in [0, 0.05) is 24.2 Å². The lowest BCUT2D eigenvalue weighted by Gasteiger charge is -2.31. The number of pyridine rings is 1. The van der Waals surface area contributed by atoms with Crippen molar-refractivity contribution in [2.75, 3.05) is 0 Å². The van der Waals surface area contributed by atoms with Crippen LogP contribution in [-0.4, -0.2) is 26.4 Å². The minimum atomic E-state index is -1.25. The maximum absolute atomic E-state index is 13.0. The number of aromatic nitrogens is 1. The summed E-state index contributed by atoms with van der Waals surface area (Å²) in [4.78, 5) is 43.5. The predicted molar refractivity (Wildman–Crippen MR) is 113 cm³/mol. The Balaban J connectivity index is 2.02. The van der Waals surface area contributed by atoms with Crippen molar-refractivity contribution in [3.63, 3.8) is 0 Å². The molecule has 0 spiro atoms. The molecule has 12 heteroatoms. The Kier molecular flexibility index (Phi) is 6.34. The Morgan fingerprint density at radius 1 is 1.18 bits per heavy atom. The summed E-state index contributed by atoms with van der Waals surface area (Å²) in [5, 5.41) is 28.7. The van der Waals surface area contributed by atoms with E-state index >= 15 is 0 Å². The molecule has 3 rings (SSSR count). The Labute approximate surface area is 187 Å². The molecular formula is C21H20N4O8. The van der Waals surface area contributed by atoms with Crippen LogP contribution in [0.1, 0.15) is 50.0 Å². The molecule has 2 aromatic rings. The number of ether oxygens (including phenoxy) is 1. The van der Waals surface area contributed by atoms with Crippen LogP contribution in [0.15, 0.2) is 47.4 Å². The minimum absolute atomic E-state index is 0.157. The number of nitrogens with zero attached hydrogens (tertiary/aromatic N) is 4. The number of hydrogen-bond acceptors (Lipinski definition) is 9. The van der Waals surface area contributed by atoms with Crippen LogP contribution >= 0.6 is 0 Å². The van der Waals surface area contributed by atoms with Crippen LogP contribution in [0.3, 0.4) is 0 Å². The fourth-order valence-corrected chi connectivity index (χ4v) is 3.54. The zero-order valence-electron chi connectivity index (χ0n) is 18.0. The molecule has 0 fully saturated rings. The van der Waals surface area contributed by atoms with Crippen molar-refractivity contribution in [3.05, 3.63) is 89.9 Å². The maximum atomic E-state index is 13.0. The maximum Gasteiger partial charge on any atom is 0.295 e. The second-order valence-electron chi connectivity index (χ2n) is 7.92. The van der Waals surface area contributed by atoms with Gasteiger partial charge < -0.3 is 14.4 Å². The van der Waals surface area contributed by atoms with Gasteiger partial charge in [-0.15, -0.1) is 20.2 Å². The Morgan fingerprint density at radius 3 is 2.48 bits per heavy atom. The van der Waals surface area contributed by atoms with Crippen molar-refractivity contribution in [1.82, 2.24) is 4.57 Å². The summed E-state index contributed by atoms with van der Waals surface area (Å²) in [7, 11) is 0. The van der Waals surface area contributed by atoms with Gasteiger partial charge in [0.05, 0.1) is 17.3 Å². The van der Waals surface area contributed by atoms with Gasteiger partial charge >= 0.3 is 0 Å². The molecule has 0 N–H and O–H groups in total. The van der Waals surface area contributed by atoms with Gasteiger partial charge in [0.2, 0.25) is 0 Å². The first kappa shape index (κ1) is 23.3. The lowest BCUT2D eigenvalue weighted by molar-refractivity contribution is -0.780. The molecule has 2 heterocycles. The molecule has 1 aliphatic heterocycles. The third kappa shape index (κ3) is 5.45. The third-order valence-electron chi connectivity index (χ3n) is 4.84. The highest BCUT2D eigenvalue weighted by molar-refractivity contribution is 5.74. The lowest BCUT2D eigenvalue weighted by Crippen LogP contribution is -2.32. The van der Waals surface area contributed by atoms with Crippen molar-refractivity contribution in [1.29, 1.82) is 5.26 Å². The van der Waals surface area contributed by atoms with Gasteiger partial charge in [-0.1, -0.05) is 0 Å². The molecule has 33 heavy (non-hydrogen) atoms. The van der Waals surface area contributed by atoms with Crippen LogP contribution in [0.4, 0.5) is 0 Å². The topological polar surface area (TPSA) is 160 Å². The first-order valence-corrected chi connectivity index (χ1v) is 9.81. The summed E-state index contributed by atoms with van der Waals surface area (Å²) >= 11 is 0. The summed E-state index contributed by atoms with van der Waals surface area (Å²) in [5.41, 5.74) is 0.281. The molecule has 0 bridgehead atoms. The summed E-state index contributed by atoms with van der Waals surface area (Å²) in [5.74, 6) is 0.493. The van der Waals surface area contributed by atoms with Crippen molar-refractivity contribution < 1.29 is 24.6 Å². The molecule has 1 aromatic carbocycles. The van der Waals surface area contributed by atoms with Crippen molar-refractivity contribution >= 4 is 5.70 Å². The first-order chi connectivity index (χ1) is 15.5. The van der Waals surface area contributed by atoms with E-state index in [-0.39, 0.29) is 12.0 Å². The Morgan fingerprint density at radius 2 is 1.88 bits per heavy atom. The summed E-state index contributed by atoms with van der Waals surface area (Å²) in [6.45, 7) is 4.98. The smallest absolute Gasteiger partial charge is 0.295 e. The second-order valence-corrected chi connectivity index (χ2v) is 7.92. The second kappa shape index (κ2) is 8.99. The van der Waals surface area contributed by atoms with E-state index in [9.17, 15) is 30.3 Å². The van der Waals surface area contributed by atoms with Crippen molar-refractivity contribution in [3.8, 4) is 11.8 Å². The van der Waals surface area contributed by atoms with Gasteiger partial charge in [0.15, 0.2) is 0 Å². The van der Waals surface area contributed by atoms with Crippen LogP contribution in [0.2, 0.25) is 0 Å². The molecule has 0 saturated carbocycles. The zero-order chi connectivity index (χ0) is 24.3. The van der Waals surface area contributed by atoms with Gasteiger partial charge in [-0.05, 0) is 56.7 Å². The fraction of sp³-hybridized carbons (Fsp3) is 0.333. The molecule has 0 aliphatic carbocycles. The largest absolute Gasteiger partial charge is 0.483 e. The van der Waals surface area contributed by atoms with Gasteiger partial charge in [-0.2, -0.15) is 5.26 Å². The molecule has 0 saturated heterocycles. The molecule has 172 valence electrons. The number of nitriles is 1. The van der Waals surface area contributed by atoms with E-state index in [1.165, 1.54) is 23.8 Å². The third-order valence-corrected chi connectivity index (χ3v) is 4.84. The quantitative estimate of drug-likeness (QED) is 0.429. The first-order valence-electron chi connectivity index (χ1n) is 9.81. The highest BCUT2D eigenvalue weighted by Gasteiger charge is 2.29. The monoisotopic (exact) mass is 456 g/mol. The van der Waals surface area contributed by atoms with E-state index in [1.54, 1.807) is 24.3 Å². The van der Waals surface area contributed by atoms with Gasteiger partial charge in [-0.25, -0.2) is 0 Å². The van der Waals surface area contributed by atoms with Gasteiger partial charge in [0.25, 0.3) is 15.7 Å². The van der Waals surface area contributed by atoms with Crippen LogP contribution in [-0.2, 0) is 9.68 Å². The van der Waals surface area contributed by atoms with E-state index in [4.69, 9.17) is 4.74 Å². The molecule has 2 atom stereocenters. The lowest BCUT2D eigenvalue weighted by atomic mass is 9.97. The fourth-order valence-electron chi connectivity index (χ4n) is 3.54. The van der Waals surface area contributed by atoms with Crippen LogP contribution in [0.25, 0.3) is 5.70 Å². The summed E-state index contributed by atoms with van der Waals surface area (Å²) < 4.78 is 7.25. The average Bonchev–Trinajstić information content (AvgIpc) is 2.71. The average molecular weight is 456 g/mol. The van der Waals surface area contributed by atoms with Gasteiger partial charge in [0.1, 0.15) is 23.6 Å². The van der Waals surface area contributed by atoms with E-state index in [0.29, 0.717) is 22.6 Å². The Bertz CT molecular complexity index is 1230. The molecule has 1 aromatic heterocycles. The zero-order valence-corrected chi connectivity index (χ0v) is 18.0. The molecule has 12 nitrogen and oxygen atoms in total. The molecule has 2 unspecified atom stereocenters. The Hall–Kier alpha value is -4.40. The van der Waals surface area contributed by atoms with Crippen LogP contribution in [0.5, 0.6) is 5.75 Å². The normalized spacial score (nSPS) is 15.6. The molecule has 0 amide bonds. The molecular weight excluding hydrogens is 436 g/mol. The number of fused-ring (bicyclic) bond motifs is 1. The highest BCUT2D eigenvalue weighted by atomic mass is 17.0. The summed E-state index contributed by atoms with van der Waals surface area (Å²) in [6, 6.07) is 9.52. The van der Waals surface area contributed by atoms with Crippen LogP contribution < -0.4 is 10.3 Å². The predicted octanol–water partition coefficient (Wildman–Crippen LogP) is 3.02. The van der Waals surface area contributed by atoms with Gasteiger partial charge in [-0.3, -0.25) is 9.36 Å². The molecule has 0 radical (unpaired) electrons. The van der Waals surface area contributed by atoms with Crippen molar-refractivity contribution in [2.45, 2.75) is 45.0 Å². The van der Waals surface area contributed by atoms with Crippen LogP contribution in [0, 0.1) is 31.6 Å². The SMILES string of the molecule is CC(CC(O[N+](=O)[O-])c1ccn(C2=CC(C)(C)Oc3ccc(C#N)cc32)c(=O)c1)O[N+](=O)[O-]. The number of benzene rings is 1. The highest BCUT2D eigenvalue weighted by Crippen LogP contribution is 2.37. The minimum Gasteiger partial charge on any atom is -0.483 e. The standard InChI is InChI=1S/C21H20N4O8/c1-13(32-24(27)28)8-19(33-25(29)30)15-6-7-23(20(26)10-15)17-11-21(2,3)31-18-5-4-14(12-22)9-16(17)18/h4-7,9-11,13,19H,8H2,1-3H3. The van der Waals surface area contributed by atoms with E-state index in [1.807, 2.05) is 19.9 Å². The van der Waals surface area contributed by atoms with E-state index in [0.717, 1.165) is 6.07 Å². The van der Waals surface area contributed by atoms with E-state index in [2.05, 4.69) is 9.68 Å².